The van der Waals surface area contributed by atoms with Gasteiger partial charge in [-0.25, -0.2) is 5.10 Å². The van der Waals surface area contributed by atoms with Gasteiger partial charge in [-0.15, -0.1) is 0 Å². The van der Waals surface area contributed by atoms with Gasteiger partial charge < -0.3 is 9.80 Å². The molecule has 2 fully saturated rings. The average Bonchev–Trinajstić information content (AvgIpc) is 3.37. The number of aromatic nitrogens is 2. The molecule has 4 rings (SSSR count). The summed E-state index contributed by atoms with van der Waals surface area (Å²) in [7, 11) is 0. The third-order valence-electron chi connectivity index (χ3n) is 5.54. The quantitative estimate of drug-likeness (QED) is 0.879. The minimum atomic E-state index is -0.306. The van der Waals surface area contributed by atoms with Gasteiger partial charge in [-0.3, -0.25) is 14.4 Å². The van der Waals surface area contributed by atoms with Gasteiger partial charge in [0.15, 0.2) is 0 Å². The molecule has 1 aromatic carbocycles. The van der Waals surface area contributed by atoms with Crippen molar-refractivity contribution < 1.29 is 9.59 Å². The third-order valence-corrected chi connectivity index (χ3v) is 5.54. The van der Waals surface area contributed by atoms with Crippen LogP contribution in [0.3, 0.4) is 0 Å². The van der Waals surface area contributed by atoms with Crippen LogP contribution in [0.4, 0.5) is 0 Å². The zero-order valence-corrected chi connectivity index (χ0v) is 14.9. The lowest BCUT2D eigenvalue weighted by atomic mass is 10.1. The molecule has 0 unspecified atom stereocenters. The molecule has 26 heavy (non-hydrogen) atoms. The van der Waals surface area contributed by atoms with Crippen molar-refractivity contribution in [3.05, 3.63) is 40.3 Å². The smallest absolute Gasteiger partial charge is 0.272 e. The first-order chi connectivity index (χ1) is 12.5. The van der Waals surface area contributed by atoms with Gasteiger partial charge in [-0.05, 0) is 31.4 Å². The standard InChI is InChI=1S/C19H22N4O3/c1-11-7-15(11)19(26)23-6-5-22(10-12(23)2)18(25)13-3-4-14-9-20-21-17(24)16(14)8-13/h3-4,8-9,11-12,15H,5-7,10H2,1-2H3,(H,21,24)/t11-,12-,15-/m0/s1. The number of carbonyl (C=O) groups is 2. The number of hydrogen-bond acceptors (Lipinski definition) is 4. The molecule has 2 aromatic rings. The molecule has 3 atom stereocenters. The fourth-order valence-electron chi connectivity index (χ4n) is 3.75. The molecule has 7 heteroatoms. The van der Waals surface area contributed by atoms with Gasteiger partial charge in [0, 0.05) is 42.5 Å². The Hall–Kier alpha value is -2.70. The second kappa shape index (κ2) is 6.23. The number of hydrogen-bond donors (Lipinski definition) is 1. The van der Waals surface area contributed by atoms with Crippen molar-refractivity contribution in [2.75, 3.05) is 19.6 Å². The summed E-state index contributed by atoms with van der Waals surface area (Å²) >= 11 is 0. The maximum Gasteiger partial charge on any atom is 0.272 e. The van der Waals surface area contributed by atoms with E-state index in [0.29, 0.717) is 41.9 Å². The number of amides is 2. The highest BCUT2D eigenvalue weighted by Gasteiger charge is 2.43. The van der Waals surface area contributed by atoms with Crippen molar-refractivity contribution in [3.63, 3.8) is 0 Å². The highest BCUT2D eigenvalue weighted by atomic mass is 16.2. The molecular weight excluding hydrogens is 332 g/mol. The van der Waals surface area contributed by atoms with E-state index in [9.17, 15) is 14.4 Å². The summed E-state index contributed by atoms with van der Waals surface area (Å²) in [6, 6.07) is 5.08. The van der Waals surface area contributed by atoms with Gasteiger partial charge in [0.2, 0.25) is 5.91 Å². The van der Waals surface area contributed by atoms with Crippen LogP contribution in [0.15, 0.2) is 29.2 Å². The normalized spacial score (nSPS) is 25.4. The number of carbonyl (C=O) groups excluding carboxylic acids is 2. The van der Waals surface area contributed by atoms with Gasteiger partial charge in [0.1, 0.15) is 0 Å². The highest BCUT2D eigenvalue weighted by Crippen LogP contribution is 2.39. The summed E-state index contributed by atoms with van der Waals surface area (Å²) < 4.78 is 0. The Kier molecular flexibility index (Phi) is 4.01. The number of rotatable bonds is 2. The van der Waals surface area contributed by atoms with Crippen LogP contribution < -0.4 is 5.56 Å². The summed E-state index contributed by atoms with van der Waals surface area (Å²) in [6.45, 7) is 5.68. The van der Waals surface area contributed by atoms with Crippen molar-refractivity contribution in [1.29, 1.82) is 0 Å². The maximum absolute atomic E-state index is 12.9. The molecule has 2 aliphatic rings. The minimum Gasteiger partial charge on any atom is -0.336 e. The predicted octanol–water partition coefficient (Wildman–Crippen LogP) is 1.25. The summed E-state index contributed by atoms with van der Waals surface area (Å²) in [5.41, 5.74) is 0.177. The van der Waals surface area contributed by atoms with Crippen molar-refractivity contribution in [2.45, 2.75) is 26.3 Å². The van der Waals surface area contributed by atoms with E-state index in [1.165, 1.54) is 0 Å². The van der Waals surface area contributed by atoms with E-state index < -0.39 is 0 Å². The molecule has 1 aliphatic carbocycles. The monoisotopic (exact) mass is 354 g/mol. The Bertz CT molecular complexity index is 938. The molecule has 1 aliphatic heterocycles. The van der Waals surface area contributed by atoms with Gasteiger partial charge in [0.25, 0.3) is 11.5 Å². The van der Waals surface area contributed by atoms with Gasteiger partial charge in [-0.1, -0.05) is 13.0 Å². The Morgan fingerprint density at radius 1 is 1.23 bits per heavy atom. The fourth-order valence-corrected chi connectivity index (χ4v) is 3.75. The molecular formula is C19H22N4O3. The van der Waals surface area contributed by atoms with Crippen molar-refractivity contribution in [2.24, 2.45) is 11.8 Å². The average molecular weight is 354 g/mol. The van der Waals surface area contributed by atoms with E-state index in [1.807, 2.05) is 11.8 Å². The summed E-state index contributed by atoms with van der Waals surface area (Å²) in [5.74, 6) is 0.767. The molecule has 136 valence electrons. The lowest BCUT2D eigenvalue weighted by molar-refractivity contribution is -0.136. The first-order valence-corrected chi connectivity index (χ1v) is 9.03. The molecule has 1 N–H and O–H groups in total. The fraction of sp³-hybridized carbons (Fsp3) is 0.474. The molecule has 2 amide bonds. The van der Waals surface area contributed by atoms with E-state index >= 15 is 0 Å². The number of fused-ring (bicyclic) bond motifs is 1. The summed E-state index contributed by atoms with van der Waals surface area (Å²) in [6.07, 6.45) is 2.54. The second-order valence-electron chi connectivity index (χ2n) is 7.45. The minimum absolute atomic E-state index is 0.000981. The lowest BCUT2D eigenvalue weighted by Crippen LogP contribution is -2.55. The van der Waals surface area contributed by atoms with Crippen molar-refractivity contribution in [1.82, 2.24) is 20.0 Å². The van der Waals surface area contributed by atoms with Crippen LogP contribution in [-0.4, -0.2) is 57.5 Å². The van der Waals surface area contributed by atoms with Crippen LogP contribution in [0.25, 0.3) is 10.8 Å². The van der Waals surface area contributed by atoms with Crippen LogP contribution in [0.5, 0.6) is 0 Å². The maximum atomic E-state index is 12.9. The van der Waals surface area contributed by atoms with Gasteiger partial charge in [-0.2, -0.15) is 5.10 Å². The first-order valence-electron chi connectivity index (χ1n) is 9.03. The highest BCUT2D eigenvalue weighted by molar-refractivity contribution is 5.98. The zero-order valence-electron chi connectivity index (χ0n) is 14.9. The topological polar surface area (TPSA) is 86.4 Å². The number of benzene rings is 1. The van der Waals surface area contributed by atoms with Crippen molar-refractivity contribution in [3.8, 4) is 0 Å². The lowest BCUT2D eigenvalue weighted by Gasteiger charge is -2.40. The second-order valence-corrected chi connectivity index (χ2v) is 7.45. The molecule has 1 saturated heterocycles. The molecule has 1 saturated carbocycles. The molecule has 1 aromatic heterocycles. The Morgan fingerprint density at radius 2 is 2.00 bits per heavy atom. The van der Waals surface area contributed by atoms with Gasteiger partial charge in [0.05, 0.1) is 11.6 Å². The van der Waals surface area contributed by atoms with Gasteiger partial charge >= 0.3 is 0 Å². The third kappa shape index (κ3) is 2.87. The molecule has 0 radical (unpaired) electrons. The first kappa shape index (κ1) is 16.8. The van der Waals surface area contributed by atoms with Crippen LogP contribution in [-0.2, 0) is 4.79 Å². The van der Waals surface area contributed by atoms with Crippen LogP contribution in [0.2, 0.25) is 0 Å². The molecule has 2 heterocycles. The molecule has 0 spiro atoms. The largest absolute Gasteiger partial charge is 0.336 e. The predicted molar refractivity (Wildman–Crippen MR) is 96.7 cm³/mol. The van der Waals surface area contributed by atoms with E-state index in [2.05, 4.69) is 17.1 Å². The zero-order chi connectivity index (χ0) is 18.4. The van der Waals surface area contributed by atoms with Crippen LogP contribution in [0, 0.1) is 11.8 Å². The van der Waals surface area contributed by atoms with E-state index in [0.717, 1.165) is 6.42 Å². The number of nitrogens with one attached hydrogen (secondary N) is 1. The van der Waals surface area contributed by atoms with Crippen molar-refractivity contribution >= 4 is 22.6 Å². The van der Waals surface area contributed by atoms with E-state index in [-0.39, 0.29) is 29.3 Å². The number of piperazine rings is 1. The SMILES string of the molecule is C[C@H]1C[C@@H]1C(=O)N1CCN(C(=O)c2ccc3cn[nH]c(=O)c3c2)C[C@@H]1C. The number of H-pyrrole nitrogens is 1. The molecule has 0 bridgehead atoms. The number of aromatic amines is 1. The Balaban J connectivity index is 1.50. The number of nitrogens with zero attached hydrogens (tertiary/aromatic N) is 3. The van der Waals surface area contributed by atoms with E-state index in [1.54, 1.807) is 29.3 Å². The van der Waals surface area contributed by atoms with Crippen LogP contribution in [0.1, 0.15) is 30.6 Å². The summed E-state index contributed by atoms with van der Waals surface area (Å²) in [4.78, 5) is 40.9. The Morgan fingerprint density at radius 3 is 2.69 bits per heavy atom. The Labute approximate surface area is 151 Å². The molecule has 7 nitrogen and oxygen atoms in total. The van der Waals surface area contributed by atoms with E-state index in [4.69, 9.17) is 0 Å². The summed E-state index contributed by atoms with van der Waals surface area (Å²) in [5, 5.41) is 7.31. The van der Waals surface area contributed by atoms with Crippen LogP contribution >= 0.6 is 0 Å².